The quantitative estimate of drug-likeness (QED) is 0.814. The average molecular weight is 220 g/mol. The minimum absolute atomic E-state index is 0.144. The molecule has 0 aliphatic rings. The summed E-state index contributed by atoms with van der Waals surface area (Å²) in [5, 5.41) is 10.2. The van der Waals surface area contributed by atoms with Gasteiger partial charge in [-0.25, -0.2) is 0 Å². The van der Waals surface area contributed by atoms with E-state index >= 15 is 0 Å². The molecule has 0 aliphatic heterocycles. The SMILES string of the molecule is CCC(C)C(O)c1cccc(C(C)(C)C)c1. The van der Waals surface area contributed by atoms with E-state index in [-0.39, 0.29) is 11.5 Å². The van der Waals surface area contributed by atoms with Crippen LogP contribution in [0.15, 0.2) is 24.3 Å². The summed E-state index contributed by atoms with van der Waals surface area (Å²) in [6.07, 6.45) is 0.660. The Labute approximate surface area is 99.5 Å². The predicted molar refractivity (Wildman–Crippen MR) is 69.6 cm³/mol. The van der Waals surface area contributed by atoms with E-state index in [0.29, 0.717) is 5.92 Å². The van der Waals surface area contributed by atoms with Crippen molar-refractivity contribution in [1.29, 1.82) is 0 Å². The first-order valence-corrected chi connectivity index (χ1v) is 6.14. The summed E-state index contributed by atoms with van der Waals surface area (Å²) in [5.74, 6) is 0.315. The lowest BCUT2D eigenvalue weighted by atomic mass is 9.84. The first kappa shape index (κ1) is 13.2. The molecule has 1 heteroatoms. The van der Waals surface area contributed by atoms with Crippen molar-refractivity contribution in [3.05, 3.63) is 35.4 Å². The van der Waals surface area contributed by atoms with Gasteiger partial charge in [0.15, 0.2) is 0 Å². The molecule has 0 amide bonds. The first-order chi connectivity index (χ1) is 7.36. The lowest BCUT2D eigenvalue weighted by Gasteiger charge is -2.23. The minimum atomic E-state index is -0.340. The smallest absolute Gasteiger partial charge is 0.0815 e. The molecule has 1 aromatic rings. The molecule has 16 heavy (non-hydrogen) atoms. The van der Waals surface area contributed by atoms with E-state index in [1.165, 1.54) is 5.56 Å². The van der Waals surface area contributed by atoms with Crippen LogP contribution in [0.4, 0.5) is 0 Å². The van der Waals surface area contributed by atoms with Gasteiger partial charge >= 0.3 is 0 Å². The second-order valence-electron chi connectivity index (χ2n) is 5.71. The molecule has 0 fully saturated rings. The summed E-state index contributed by atoms with van der Waals surface area (Å²) in [7, 11) is 0. The van der Waals surface area contributed by atoms with Gasteiger partial charge in [0, 0.05) is 0 Å². The van der Waals surface area contributed by atoms with Gasteiger partial charge in [0.25, 0.3) is 0 Å². The van der Waals surface area contributed by atoms with Crippen molar-refractivity contribution in [2.45, 2.75) is 52.6 Å². The third kappa shape index (κ3) is 3.08. The number of rotatable bonds is 3. The van der Waals surface area contributed by atoms with Crippen molar-refractivity contribution in [2.75, 3.05) is 0 Å². The molecule has 1 aromatic carbocycles. The highest BCUT2D eigenvalue weighted by Crippen LogP contribution is 2.28. The summed E-state index contributed by atoms with van der Waals surface area (Å²) in [4.78, 5) is 0. The molecule has 1 nitrogen and oxygen atoms in total. The molecule has 0 aromatic heterocycles. The third-order valence-corrected chi connectivity index (χ3v) is 3.28. The maximum atomic E-state index is 10.2. The summed E-state index contributed by atoms with van der Waals surface area (Å²) in [6.45, 7) is 10.8. The van der Waals surface area contributed by atoms with Gasteiger partial charge in [0.1, 0.15) is 0 Å². The van der Waals surface area contributed by atoms with Gasteiger partial charge in [0.2, 0.25) is 0 Å². The molecular weight excluding hydrogens is 196 g/mol. The van der Waals surface area contributed by atoms with Gasteiger partial charge in [-0.05, 0) is 22.5 Å². The van der Waals surface area contributed by atoms with Gasteiger partial charge in [0.05, 0.1) is 6.10 Å². The minimum Gasteiger partial charge on any atom is -0.388 e. The van der Waals surface area contributed by atoms with Crippen molar-refractivity contribution in [2.24, 2.45) is 5.92 Å². The predicted octanol–water partition coefficient (Wildman–Crippen LogP) is 4.06. The van der Waals surface area contributed by atoms with Gasteiger partial charge in [-0.2, -0.15) is 0 Å². The lowest BCUT2D eigenvalue weighted by molar-refractivity contribution is 0.115. The molecule has 0 radical (unpaired) electrons. The van der Waals surface area contributed by atoms with Crippen LogP contribution in [0.1, 0.15) is 58.3 Å². The van der Waals surface area contributed by atoms with E-state index in [1.807, 2.05) is 12.1 Å². The van der Waals surface area contributed by atoms with Crippen LogP contribution in [0, 0.1) is 5.92 Å². The fourth-order valence-corrected chi connectivity index (χ4v) is 1.74. The van der Waals surface area contributed by atoms with Gasteiger partial charge < -0.3 is 5.11 Å². The highest BCUT2D eigenvalue weighted by molar-refractivity contribution is 5.30. The van der Waals surface area contributed by atoms with Crippen LogP contribution in [0.5, 0.6) is 0 Å². The van der Waals surface area contributed by atoms with Crippen molar-refractivity contribution in [3.63, 3.8) is 0 Å². The molecule has 1 N–H and O–H groups in total. The summed E-state index contributed by atoms with van der Waals surface area (Å²) < 4.78 is 0. The molecule has 0 saturated carbocycles. The average Bonchev–Trinajstić information content (AvgIpc) is 2.26. The zero-order chi connectivity index (χ0) is 12.3. The maximum Gasteiger partial charge on any atom is 0.0815 e. The van der Waals surface area contributed by atoms with Crippen molar-refractivity contribution in [3.8, 4) is 0 Å². The molecular formula is C15H24O. The zero-order valence-electron chi connectivity index (χ0n) is 11.1. The Bertz CT molecular complexity index is 336. The topological polar surface area (TPSA) is 20.2 Å². The first-order valence-electron chi connectivity index (χ1n) is 6.14. The summed E-state index contributed by atoms with van der Waals surface area (Å²) in [6, 6.07) is 8.33. The molecule has 0 saturated heterocycles. The Morgan fingerprint density at radius 3 is 2.38 bits per heavy atom. The molecule has 90 valence electrons. The fraction of sp³-hybridized carbons (Fsp3) is 0.600. The van der Waals surface area contributed by atoms with Gasteiger partial charge in [-0.15, -0.1) is 0 Å². The summed E-state index contributed by atoms with van der Waals surface area (Å²) >= 11 is 0. The molecule has 0 aliphatic carbocycles. The van der Waals surface area contributed by atoms with Crippen LogP contribution in [-0.4, -0.2) is 5.11 Å². The lowest BCUT2D eigenvalue weighted by Crippen LogP contribution is -2.13. The Kier molecular flexibility index (Phi) is 4.15. The third-order valence-electron chi connectivity index (χ3n) is 3.28. The molecule has 0 spiro atoms. The second kappa shape index (κ2) is 5.01. The normalized spacial score (nSPS) is 15.9. The largest absolute Gasteiger partial charge is 0.388 e. The van der Waals surface area contributed by atoms with Crippen LogP contribution in [0.2, 0.25) is 0 Å². The number of aliphatic hydroxyl groups excluding tert-OH is 1. The monoisotopic (exact) mass is 220 g/mol. The van der Waals surface area contributed by atoms with Gasteiger partial charge in [-0.3, -0.25) is 0 Å². The van der Waals surface area contributed by atoms with Crippen molar-refractivity contribution in [1.82, 2.24) is 0 Å². The molecule has 1 rings (SSSR count). The number of benzene rings is 1. The van der Waals surface area contributed by atoms with E-state index in [2.05, 4.69) is 46.8 Å². The highest BCUT2D eigenvalue weighted by atomic mass is 16.3. The number of hydrogen-bond donors (Lipinski definition) is 1. The Hall–Kier alpha value is -0.820. The Morgan fingerprint density at radius 1 is 1.25 bits per heavy atom. The Morgan fingerprint density at radius 2 is 1.88 bits per heavy atom. The Balaban J connectivity index is 2.99. The van der Waals surface area contributed by atoms with Crippen LogP contribution in [0.3, 0.4) is 0 Å². The van der Waals surface area contributed by atoms with Crippen LogP contribution < -0.4 is 0 Å². The number of aliphatic hydroxyl groups is 1. The van der Waals surface area contributed by atoms with E-state index in [1.54, 1.807) is 0 Å². The second-order valence-corrected chi connectivity index (χ2v) is 5.71. The molecule has 2 unspecified atom stereocenters. The fourth-order valence-electron chi connectivity index (χ4n) is 1.74. The van der Waals surface area contributed by atoms with Crippen LogP contribution >= 0.6 is 0 Å². The zero-order valence-corrected chi connectivity index (χ0v) is 11.1. The standard InChI is InChI=1S/C15H24O/c1-6-11(2)14(16)12-8-7-9-13(10-12)15(3,4)5/h7-11,14,16H,6H2,1-5H3. The van der Waals surface area contributed by atoms with E-state index in [9.17, 15) is 5.11 Å². The molecule has 2 atom stereocenters. The van der Waals surface area contributed by atoms with E-state index in [0.717, 1.165) is 12.0 Å². The maximum absolute atomic E-state index is 10.2. The van der Waals surface area contributed by atoms with E-state index in [4.69, 9.17) is 0 Å². The van der Waals surface area contributed by atoms with Crippen LogP contribution in [0.25, 0.3) is 0 Å². The van der Waals surface area contributed by atoms with Crippen molar-refractivity contribution < 1.29 is 5.11 Å². The van der Waals surface area contributed by atoms with E-state index < -0.39 is 0 Å². The molecule has 0 bridgehead atoms. The highest BCUT2D eigenvalue weighted by Gasteiger charge is 2.18. The van der Waals surface area contributed by atoms with Crippen LogP contribution in [-0.2, 0) is 5.41 Å². The number of hydrogen-bond acceptors (Lipinski definition) is 1. The molecule has 0 heterocycles. The summed E-state index contributed by atoms with van der Waals surface area (Å²) in [5.41, 5.74) is 2.47. The van der Waals surface area contributed by atoms with Crippen molar-refractivity contribution >= 4 is 0 Å². The van der Waals surface area contributed by atoms with Gasteiger partial charge in [-0.1, -0.05) is 65.3 Å².